The van der Waals surface area contributed by atoms with Gasteiger partial charge in [0.15, 0.2) is 0 Å². The Kier molecular flexibility index (Phi) is 6.95. The van der Waals surface area contributed by atoms with Crippen LogP contribution in [0.5, 0.6) is 5.88 Å². The molecule has 0 radical (unpaired) electrons. The van der Waals surface area contributed by atoms with Crippen molar-refractivity contribution < 1.29 is 9.53 Å². The van der Waals surface area contributed by atoms with Crippen LogP contribution in [0.4, 0.5) is 0 Å². The average molecular weight is 389 g/mol. The Balaban J connectivity index is 1.88. The number of amides is 1. The lowest BCUT2D eigenvalue weighted by atomic mass is 10.0. The number of para-hydroxylation sites is 1. The molecule has 3 rings (SSSR count). The molecule has 2 aromatic carbocycles. The summed E-state index contributed by atoms with van der Waals surface area (Å²) in [6, 6.07) is 17.6. The standard InChI is InChI=1S/C24H27N3O2/c1-4-5-13-29-24-16-21(17-25-27(24)22-9-7-6-8-10-22)26-23(28)15-20-12-11-18(2)14-19(20)3/h6-12,14,16-17H,4-5,13,15H2,1-3H3/b26-21-. The van der Waals surface area contributed by atoms with Gasteiger partial charge in [-0.05, 0) is 43.5 Å². The second-order valence-corrected chi connectivity index (χ2v) is 7.11. The quantitative estimate of drug-likeness (QED) is 0.565. The summed E-state index contributed by atoms with van der Waals surface area (Å²) in [5, 5.41) is 4.96. The molecule has 0 bridgehead atoms. The van der Waals surface area contributed by atoms with Crippen LogP contribution in [0.1, 0.15) is 36.5 Å². The summed E-state index contributed by atoms with van der Waals surface area (Å²) < 4.78 is 7.66. The van der Waals surface area contributed by atoms with Crippen LogP contribution in [0.2, 0.25) is 0 Å². The molecule has 0 unspecified atom stereocenters. The number of carbonyl (C=O) groups is 1. The zero-order valence-corrected chi connectivity index (χ0v) is 17.3. The molecule has 0 N–H and O–H groups in total. The molecule has 1 aromatic heterocycles. The number of carbonyl (C=O) groups excluding carboxylic acids is 1. The summed E-state index contributed by atoms with van der Waals surface area (Å²) in [7, 11) is 0. The van der Waals surface area contributed by atoms with E-state index in [0.717, 1.165) is 29.7 Å². The fourth-order valence-corrected chi connectivity index (χ4v) is 3.04. The van der Waals surface area contributed by atoms with E-state index >= 15 is 0 Å². The highest BCUT2D eigenvalue weighted by Crippen LogP contribution is 2.15. The first kappa shape index (κ1) is 20.5. The van der Waals surface area contributed by atoms with Crippen LogP contribution in [0, 0.1) is 13.8 Å². The number of hydrogen-bond acceptors (Lipinski definition) is 3. The van der Waals surface area contributed by atoms with Crippen LogP contribution in [0.3, 0.4) is 0 Å². The van der Waals surface area contributed by atoms with Gasteiger partial charge in [-0.1, -0.05) is 55.3 Å². The molecule has 0 aliphatic heterocycles. The van der Waals surface area contributed by atoms with Crippen molar-refractivity contribution in [3.05, 3.63) is 82.8 Å². The van der Waals surface area contributed by atoms with Crippen molar-refractivity contribution in [2.24, 2.45) is 4.99 Å². The van der Waals surface area contributed by atoms with Gasteiger partial charge in [-0.3, -0.25) is 4.79 Å². The highest BCUT2D eigenvalue weighted by Gasteiger charge is 2.08. The molecule has 0 saturated heterocycles. The zero-order valence-electron chi connectivity index (χ0n) is 17.3. The van der Waals surface area contributed by atoms with Gasteiger partial charge in [0, 0.05) is 6.07 Å². The highest BCUT2D eigenvalue weighted by molar-refractivity contribution is 5.79. The van der Waals surface area contributed by atoms with E-state index < -0.39 is 0 Å². The highest BCUT2D eigenvalue weighted by atomic mass is 16.5. The maximum absolute atomic E-state index is 12.5. The van der Waals surface area contributed by atoms with E-state index in [2.05, 4.69) is 23.1 Å². The number of rotatable bonds is 7. The minimum atomic E-state index is -0.198. The van der Waals surface area contributed by atoms with Gasteiger partial charge in [-0.15, -0.1) is 0 Å². The zero-order chi connectivity index (χ0) is 20.6. The molecule has 3 aromatic rings. The average Bonchev–Trinajstić information content (AvgIpc) is 2.71. The lowest BCUT2D eigenvalue weighted by Gasteiger charge is -2.13. The minimum absolute atomic E-state index is 0.198. The summed E-state index contributed by atoms with van der Waals surface area (Å²) in [5.41, 5.74) is 4.17. The molecule has 0 aliphatic carbocycles. The minimum Gasteiger partial charge on any atom is -0.478 e. The van der Waals surface area contributed by atoms with Crippen LogP contribution >= 0.6 is 0 Å². The summed E-state index contributed by atoms with van der Waals surface area (Å²) in [4.78, 5) is 16.8. The number of nitrogens with zero attached hydrogens (tertiary/aromatic N) is 3. The largest absolute Gasteiger partial charge is 0.478 e. The van der Waals surface area contributed by atoms with Crippen LogP contribution in [-0.4, -0.2) is 22.3 Å². The van der Waals surface area contributed by atoms with E-state index in [0.29, 0.717) is 17.8 Å². The van der Waals surface area contributed by atoms with Crippen molar-refractivity contribution in [1.82, 2.24) is 9.78 Å². The second kappa shape index (κ2) is 9.82. The van der Waals surface area contributed by atoms with Gasteiger partial charge in [0.05, 0.1) is 30.3 Å². The summed E-state index contributed by atoms with van der Waals surface area (Å²) in [5.74, 6) is 0.376. The number of hydrogen-bond donors (Lipinski definition) is 0. The molecule has 0 spiro atoms. The molecule has 1 heterocycles. The van der Waals surface area contributed by atoms with Gasteiger partial charge in [0.25, 0.3) is 5.91 Å². The van der Waals surface area contributed by atoms with Gasteiger partial charge in [0.2, 0.25) is 5.88 Å². The second-order valence-electron chi connectivity index (χ2n) is 7.11. The number of aromatic nitrogens is 2. The van der Waals surface area contributed by atoms with Crippen molar-refractivity contribution in [2.45, 2.75) is 40.0 Å². The van der Waals surface area contributed by atoms with Crippen molar-refractivity contribution >= 4 is 5.91 Å². The SMILES string of the molecule is CCCCOc1c/c(=N/C(=O)Cc2ccc(C)cc2C)cnn1-c1ccccc1. The molecule has 5 nitrogen and oxygen atoms in total. The monoisotopic (exact) mass is 389 g/mol. The molecule has 0 atom stereocenters. The Hall–Kier alpha value is -3.21. The smallest absolute Gasteiger partial charge is 0.250 e. The van der Waals surface area contributed by atoms with E-state index in [9.17, 15) is 4.79 Å². The lowest BCUT2D eigenvalue weighted by molar-refractivity contribution is -0.117. The number of benzene rings is 2. The molecule has 29 heavy (non-hydrogen) atoms. The van der Waals surface area contributed by atoms with Crippen molar-refractivity contribution in [3.8, 4) is 11.6 Å². The fourth-order valence-electron chi connectivity index (χ4n) is 3.04. The molecular formula is C24H27N3O2. The van der Waals surface area contributed by atoms with Gasteiger partial charge < -0.3 is 4.74 Å². The molecular weight excluding hydrogens is 362 g/mol. The Labute approximate surface area is 171 Å². The molecule has 150 valence electrons. The van der Waals surface area contributed by atoms with Crippen molar-refractivity contribution in [1.29, 1.82) is 0 Å². The maximum atomic E-state index is 12.5. The summed E-state index contributed by atoms with van der Waals surface area (Å²) >= 11 is 0. The fraction of sp³-hybridized carbons (Fsp3) is 0.292. The van der Waals surface area contributed by atoms with Crippen LogP contribution in [0.25, 0.3) is 5.69 Å². The Morgan fingerprint density at radius 1 is 1.10 bits per heavy atom. The van der Waals surface area contributed by atoms with Crippen LogP contribution in [-0.2, 0) is 11.2 Å². The van der Waals surface area contributed by atoms with Crippen molar-refractivity contribution in [2.75, 3.05) is 6.61 Å². The van der Waals surface area contributed by atoms with E-state index in [1.807, 2.05) is 56.3 Å². The topological polar surface area (TPSA) is 56.5 Å². The van der Waals surface area contributed by atoms with E-state index in [1.54, 1.807) is 16.9 Å². The number of aryl methyl sites for hydroxylation is 2. The van der Waals surface area contributed by atoms with Crippen LogP contribution in [0.15, 0.2) is 65.8 Å². The van der Waals surface area contributed by atoms with Gasteiger partial charge >= 0.3 is 0 Å². The predicted molar refractivity (Wildman–Crippen MR) is 114 cm³/mol. The lowest BCUT2D eigenvalue weighted by Crippen LogP contribution is -2.16. The summed E-state index contributed by atoms with van der Waals surface area (Å²) in [6.07, 6.45) is 3.85. The molecule has 1 amide bonds. The van der Waals surface area contributed by atoms with Gasteiger partial charge in [-0.2, -0.15) is 5.10 Å². The first-order chi connectivity index (χ1) is 14.1. The number of ether oxygens (including phenoxy) is 1. The van der Waals surface area contributed by atoms with Gasteiger partial charge in [0.1, 0.15) is 0 Å². The first-order valence-corrected chi connectivity index (χ1v) is 9.98. The molecule has 0 saturated carbocycles. The van der Waals surface area contributed by atoms with Crippen molar-refractivity contribution in [3.63, 3.8) is 0 Å². The van der Waals surface area contributed by atoms with Gasteiger partial charge in [-0.25, -0.2) is 9.67 Å². The Bertz CT molecular complexity index is 1040. The maximum Gasteiger partial charge on any atom is 0.250 e. The third-order valence-electron chi connectivity index (χ3n) is 4.63. The predicted octanol–water partition coefficient (Wildman–Crippen LogP) is 4.34. The summed E-state index contributed by atoms with van der Waals surface area (Å²) in [6.45, 7) is 6.76. The van der Waals surface area contributed by atoms with E-state index in [4.69, 9.17) is 4.74 Å². The first-order valence-electron chi connectivity index (χ1n) is 9.98. The molecule has 0 aliphatic rings. The third-order valence-corrected chi connectivity index (χ3v) is 4.63. The molecule has 5 heteroatoms. The Morgan fingerprint density at radius 3 is 2.62 bits per heavy atom. The Morgan fingerprint density at radius 2 is 1.90 bits per heavy atom. The van der Waals surface area contributed by atoms with E-state index in [1.165, 1.54) is 5.56 Å². The third kappa shape index (κ3) is 5.64. The van der Waals surface area contributed by atoms with E-state index in [-0.39, 0.29) is 12.3 Å². The number of unbranched alkanes of at least 4 members (excludes halogenated alkanes) is 1. The van der Waals surface area contributed by atoms with Crippen LogP contribution < -0.4 is 10.1 Å². The molecule has 0 fully saturated rings. The normalized spacial score (nSPS) is 11.5.